The van der Waals surface area contributed by atoms with Gasteiger partial charge in [0, 0.05) is 0 Å². The predicted molar refractivity (Wildman–Crippen MR) is 54.7 cm³/mol. The third kappa shape index (κ3) is 2.15. The molecule has 0 spiro atoms. The fourth-order valence-corrected chi connectivity index (χ4v) is 1.19. The van der Waals surface area contributed by atoms with Crippen molar-refractivity contribution in [2.24, 2.45) is 0 Å². The van der Waals surface area contributed by atoms with Crippen LogP contribution in [0.4, 0.5) is 0 Å². The molecule has 1 aliphatic rings. The SMILES string of the molecule is C=C(C)[B]C1OC(C)(C)C(C)(C)O1. The number of rotatable bonds is 2. The maximum Gasteiger partial charge on any atom is 0.220 e. The third-order valence-electron chi connectivity index (χ3n) is 2.69. The Kier molecular flexibility index (Phi) is 2.61. The van der Waals surface area contributed by atoms with E-state index in [1.807, 2.05) is 41.9 Å². The van der Waals surface area contributed by atoms with Crippen molar-refractivity contribution in [1.82, 2.24) is 0 Å². The smallest absolute Gasteiger partial charge is 0.220 e. The highest BCUT2D eigenvalue weighted by Crippen LogP contribution is 2.37. The van der Waals surface area contributed by atoms with Gasteiger partial charge >= 0.3 is 0 Å². The molecule has 2 nitrogen and oxygen atoms in total. The lowest BCUT2D eigenvalue weighted by Crippen LogP contribution is -2.41. The molecule has 1 radical (unpaired) electrons. The zero-order valence-electron chi connectivity index (χ0n) is 9.18. The van der Waals surface area contributed by atoms with E-state index in [0.717, 1.165) is 5.47 Å². The van der Waals surface area contributed by atoms with E-state index in [-0.39, 0.29) is 17.4 Å². The number of allylic oxidation sites excluding steroid dienone is 1. The van der Waals surface area contributed by atoms with Crippen LogP contribution in [0.25, 0.3) is 0 Å². The van der Waals surface area contributed by atoms with Crippen molar-refractivity contribution in [3.05, 3.63) is 12.1 Å². The second-order valence-corrected chi connectivity index (χ2v) is 4.64. The van der Waals surface area contributed by atoms with Crippen molar-refractivity contribution in [3.63, 3.8) is 0 Å². The first-order valence-corrected chi connectivity index (χ1v) is 4.61. The second-order valence-electron chi connectivity index (χ2n) is 4.64. The molecule has 0 aromatic rings. The third-order valence-corrected chi connectivity index (χ3v) is 2.69. The average molecular weight is 181 g/mol. The van der Waals surface area contributed by atoms with Gasteiger partial charge < -0.3 is 9.47 Å². The summed E-state index contributed by atoms with van der Waals surface area (Å²) in [5, 5.41) is 0. The monoisotopic (exact) mass is 181 g/mol. The van der Waals surface area contributed by atoms with Crippen LogP contribution in [0, 0.1) is 0 Å². The van der Waals surface area contributed by atoms with Crippen LogP contribution in [0.1, 0.15) is 34.6 Å². The van der Waals surface area contributed by atoms with Crippen molar-refractivity contribution < 1.29 is 9.47 Å². The van der Waals surface area contributed by atoms with Gasteiger partial charge in [-0.3, -0.25) is 0 Å². The minimum absolute atomic E-state index is 0.246. The lowest BCUT2D eigenvalue weighted by atomic mass is 9.70. The quantitative estimate of drug-likeness (QED) is 0.607. The van der Waals surface area contributed by atoms with Crippen molar-refractivity contribution >= 4 is 7.28 Å². The van der Waals surface area contributed by atoms with Crippen LogP contribution in [0.2, 0.25) is 0 Å². The van der Waals surface area contributed by atoms with Crippen LogP contribution in [0.15, 0.2) is 12.1 Å². The zero-order chi connectivity index (χ0) is 10.3. The van der Waals surface area contributed by atoms with Gasteiger partial charge in [-0.15, -0.1) is 12.1 Å². The Balaban J connectivity index is 2.65. The molecule has 1 heterocycles. The summed E-state index contributed by atoms with van der Waals surface area (Å²) < 4.78 is 11.5. The maximum absolute atomic E-state index is 5.74. The van der Waals surface area contributed by atoms with Crippen LogP contribution in [0.3, 0.4) is 0 Å². The molecule has 73 valence electrons. The van der Waals surface area contributed by atoms with Gasteiger partial charge in [0.1, 0.15) is 6.19 Å². The van der Waals surface area contributed by atoms with Gasteiger partial charge in [0.05, 0.1) is 11.2 Å². The fourth-order valence-electron chi connectivity index (χ4n) is 1.19. The fraction of sp³-hybridized carbons (Fsp3) is 0.800. The van der Waals surface area contributed by atoms with Gasteiger partial charge in [0.2, 0.25) is 7.28 Å². The van der Waals surface area contributed by atoms with Gasteiger partial charge in [-0.2, -0.15) is 0 Å². The Morgan fingerprint density at radius 1 is 1.15 bits per heavy atom. The van der Waals surface area contributed by atoms with E-state index in [0.29, 0.717) is 0 Å². The van der Waals surface area contributed by atoms with Crippen molar-refractivity contribution in [3.8, 4) is 0 Å². The molecule has 0 bridgehead atoms. The van der Waals surface area contributed by atoms with Gasteiger partial charge in [0.25, 0.3) is 0 Å². The van der Waals surface area contributed by atoms with Crippen LogP contribution < -0.4 is 0 Å². The average Bonchev–Trinajstić information content (AvgIpc) is 1.98. The Morgan fingerprint density at radius 2 is 1.54 bits per heavy atom. The molecule has 0 atom stereocenters. The second kappa shape index (κ2) is 3.14. The first-order valence-electron chi connectivity index (χ1n) is 4.61. The standard InChI is InChI=1S/C10H18BO2/c1-7(2)11-8-12-9(3,4)10(5,6)13-8/h8H,1H2,2-6H3. The van der Waals surface area contributed by atoms with E-state index < -0.39 is 0 Å². The molecule has 0 aromatic heterocycles. The van der Waals surface area contributed by atoms with Gasteiger partial charge in [-0.25, -0.2) is 0 Å². The van der Waals surface area contributed by atoms with Gasteiger partial charge in [0.15, 0.2) is 0 Å². The molecular formula is C10H18BO2. The van der Waals surface area contributed by atoms with E-state index in [2.05, 4.69) is 6.58 Å². The largest absolute Gasteiger partial charge is 0.352 e. The summed E-state index contributed by atoms with van der Waals surface area (Å²) in [5.74, 6) is 0. The topological polar surface area (TPSA) is 18.5 Å². The molecule has 13 heavy (non-hydrogen) atoms. The Morgan fingerprint density at radius 3 is 1.85 bits per heavy atom. The molecule has 0 amide bonds. The lowest BCUT2D eigenvalue weighted by Gasteiger charge is -2.30. The zero-order valence-corrected chi connectivity index (χ0v) is 9.18. The van der Waals surface area contributed by atoms with E-state index in [4.69, 9.17) is 9.47 Å². The molecule has 1 fully saturated rings. The van der Waals surface area contributed by atoms with E-state index in [1.165, 1.54) is 0 Å². The van der Waals surface area contributed by atoms with E-state index >= 15 is 0 Å². The molecular weight excluding hydrogens is 163 g/mol. The van der Waals surface area contributed by atoms with Crippen LogP contribution in [-0.2, 0) is 9.47 Å². The van der Waals surface area contributed by atoms with Gasteiger partial charge in [-0.05, 0) is 27.7 Å². The normalized spacial score (nSPS) is 25.9. The molecule has 3 heteroatoms. The summed E-state index contributed by atoms with van der Waals surface area (Å²) in [7, 11) is 1.90. The highest BCUT2D eigenvalue weighted by atomic mass is 16.7. The summed E-state index contributed by atoms with van der Waals surface area (Å²) in [6.45, 7) is 13.9. The molecule has 0 unspecified atom stereocenters. The molecule has 0 saturated carbocycles. The first kappa shape index (κ1) is 10.8. The molecule has 0 aromatic carbocycles. The molecule has 0 aliphatic carbocycles. The summed E-state index contributed by atoms with van der Waals surface area (Å²) >= 11 is 0. The van der Waals surface area contributed by atoms with E-state index in [1.54, 1.807) is 0 Å². The molecule has 1 aliphatic heterocycles. The summed E-state index contributed by atoms with van der Waals surface area (Å²) in [5.41, 5.74) is 0.478. The molecule has 0 N–H and O–H groups in total. The highest BCUT2D eigenvalue weighted by Gasteiger charge is 2.48. The summed E-state index contributed by atoms with van der Waals surface area (Å²) in [6, 6.07) is 0. The minimum atomic E-state index is -0.248. The summed E-state index contributed by atoms with van der Waals surface area (Å²) in [4.78, 5) is 0. The lowest BCUT2D eigenvalue weighted by molar-refractivity contribution is -0.0271. The number of ether oxygens (including phenoxy) is 2. The Hall–Kier alpha value is -0.275. The van der Waals surface area contributed by atoms with Crippen molar-refractivity contribution in [2.75, 3.05) is 0 Å². The van der Waals surface area contributed by atoms with Crippen LogP contribution >= 0.6 is 0 Å². The number of hydrogen-bond donors (Lipinski definition) is 0. The van der Waals surface area contributed by atoms with E-state index in [9.17, 15) is 0 Å². The van der Waals surface area contributed by atoms with Crippen molar-refractivity contribution in [2.45, 2.75) is 52.0 Å². The minimum Gasteiger partial charge on any atom is -0.352 e. The molecule has 1 saturated heterocycles. The van der Waals surface area contributed by atoms with Crippen LogP contribution in [-0.4, -0.2) is 24.7 Å². The maximum atomic E-state index is 5.74. The van der Waals surface area contributed by atoms with Gasteiger partial charge in [-0.1, -0.05) is 6.92 Å². The molecule has 1 rings (SSSR count). The highest BCUT2D eigenvalue weighted by molar-refractivity contribution is 6.45. The Bertz CT molecular complexity index is 205. The first-order chi connectivity index (χ1) is 5.74. The van der Waals surface area contributed by atoms with Crippen molar-refractivity contribution in [1.29, 1.82) is 0 Å². The predicted octanol–water partition coefficient (Wildman–Crippen LogP) is 2.11. The number of hydrogen-bond acceptors (Lipinski definition) is 2. The summed E-state index contributed by atoms with van der Waals surface area (Å²) in [6.07, 6.45) is -0.248. The Labute approximate surface area is 81.5 Å². The van der Waals surface area contributed by atoms with Crippen LogP contribution in [0.5, 0.6) is 0 Å².